The highest BCUT2D eigenvalue weighted by molar-refractivity contribution is 7.98. The Labute approximate surface area is 420 Å². The molecule has 2 aromatic heterocycles. The lowest BCUT2D eigenvalue weighted by Gasteiger charge is -2.37. The smallest absolute Gasteiger partial charge is 0.261 e. The fourth-order valence-electron chi connectivity index (χ4n) is 7.60. The Bertz CT molecular complexity index is 3000. The second-order valence-electron chi connectivity index (χ2n) is 19.8. The maximum atomic E-state index is 16.4. The summed E-state index contributed by atoms with van der Waals surface area (Å²) in [6.45, 7) is 21.0. The van der Waals surface area contributed by atoms with Crippen molar-refractivity contribution in [2.24, 2.45) is 0 Å². The lowest BCUT2D eigenvalue weighted by Crippen LogP contribution is -2.44. The minimum atomic E-state index is -2.61. The molecule has 4 aromatic carbocycles. The molecule has 1 aliphatic rings. The summed E-state index contributed by atoms with van der Waals surface area (Å²) in [5.74, 6) is -1.90. The zero-order valence-electron chi connectivity index (χ0n) is 41.8. The maximum Gasteiger partial charge on any atom is 0.261 e. The predicted molar refractivity (Wildman–Crippen MR) is 285 cm³/mol. The third-order valence-electron chi connectivity index (χ3n) is 12.5. The standard InChI is InChI=1S/C53H60FN7O7SSi2/c1-12-45(62)56-36-20-22-43(66-5)41(30-36)58-44-29-34(24-25-55-44)48-47(59-52(69-6)61(48)32-67-26-27-70(7,8)9)33-16-15-17-35(28-33)57-49(63)46-39(31-60-50(64)37-18-13-14-19-38(37)51(60)65)42(23-21-40(46)54)68-71(10,11)53(2,3)4/h12-25,28-30H,1,26-27,31-32H2,2-11H3,(H,55,58)(H,56,62)(H,57,63). The summed E-state index contributed by atoms with van der Waals surface area (Å²) in [6.07, 6.45) is 4.80. The first-order chi connectivity index (χ1) is 33.6. The summed E-state index contributed by atoms with van der Waals surface area (Å²) in [5.41, 5.74) is 4.25. The minimum Gasteiger partial charge on any atom is -0.543 e. The number of halogens is 1. The van der Waals surface area contributed by atoms with Crippen molar-refractivity contribution in [3.05, 3.63) is 138 Å². The Morgan fingerprint density at radius 3 is 2.20 bits per heavy atom. The number of thioether (sulfide) groups is 1. The molecule has 1 aliphatic heterocycles. The highest BCUT2D eigenvalue weighted by atomic mass is 32.2. The van der Waals surface area contributed by atoms with Gasteiger partial charge in [-0.1, -0.05) is 83.0 Å². The molecule has 0 radical (unpaired) electrons. The number of nitrogens with zero attached hydrogens (tertiary/aromatic N) is 4. The third kappa shape index (κ3) is 11.7. The van der Waals surface area contributed by atoms with E-state index in [1.54, 1.807) is 74.0 Å². The molecule has 0 saturated carbocycles. The lowest BCUT2D eigenvalue weighted by atomic mass is 10.0. The molecular formula is C53H60FN7O7SSi2. The summed E-state index contributed by atoms with van der Waals surface area (Å²) in [7, 11) is -2.48. The molecule has 6 aromatic rings. The molecule has 0 saturated heterocycles. The Morgan fingerprint density at radius 1 is 0.859 bits per heavy atom. The molecule has 0 unspecified atom stereocenters. The first-order valence-corrected chi connectivity index (χ1v) is 30.9. The number of hydrogen-bond acceptors (Lipinski definition) is 11. The van der Waals surface area contributed by atoms with Gasteiger partial charge in [-0.2, -0.15) is 0 Å². The van der Waals surface area contributed by atoms with E-state index >= 15 is 4.39 Å². The van der Waals surface area contributed by atoms with Crippen LogP contribution in [0.15, 0.2) is 115 Å². The molecule has 71 heavy (non-hydrogen) atoms. The van der Waals surface area contributed by atoms with Gasteiger partial charge in [-0.25, -0.2) is 14.4 Å². The molecule has 0 atom stereocenters. The number of ether oxygens (including phenoxy) is 2. The van der Waals surface area contributed by atoms with Crippen LogP contribution in [-0.2, 0) is 22.8 Å². The van der Waals surface area contributed by atoms with E-state index in [1.165, 1.54) is 30.0 Å². The monoisotopic (exact) mass is 1010 g/mol. The molecule has 7 rings (SSSR count). The summed E-state index contributed by atoms with van der Waals surface area (Å²) >= 11 is 1.45. The number of carbonyl (C=O) groups is 4. The van der Waals surface area contributed by atoms with Crippen LogP contribution in [-0.4, -0.2) is 79.4 Å². The molecule has 0 spiro atoms. The lowest BCUT2D eigenvalue weighted by molar-refractivity contribution is -0.111. The van der Waals surface area contributed by atoms with Crippen molar-refractivity contribution in [1.29, 1.82) is 0 Å². The van der Waals surface area contributed by atoms with Gasteiger partial charge in [0.1, 0.15) is 29.9 Å². The van der Waals surface area contributed by atoms with E-state index in [4.69, 9.17) is 18.9 Å². The van der Waals surface area contributed by atoms with E-state index in [9.17, 15) is 19.2 Å². The van der Waals surface area contributed by atoms with E-state index in [-0.39, 0.29) is 45.7 Å². The van der Waals surface area contributed by atoms with Gasteiger partial charge >= 0.3 is 0 Å². The fraction of sp³-hybridized carbons (Fsp3) is 0.283. The number of anilines is 4. The van der Waals surface area contributed by atoms with Crippen LogP contribution in [0.3, 0.4) is 0 Å². The molecule has 0 bridgehead atoms. The van der Waals surface area contributed by atoms with Gasteiger partial charge < -0.3 is 29.9 Å². The Kier molecular flexibility index (Phi) is 15.5. The van der Waals surface area contributed by atoms with Crippen molar-refractivity contribution in [1.82, 2.24) is 19.4 Å². The summed E-state index contributed by atoms with van der Waals surface area (Å²) in [5, 5.41) is 9.43. The summed E-state index contributed by atoms with van der Waals surface area (Å²) in [4.78, 5) is 65.0. The first-order valence-electron chi connectivity index (χ1n) is 23.1. The van der Waals surface area contributed by atoms with Gasteiger partial charge in [0.2, 0.25) is 14.2 Å². The number of rotatable bonds is 19. The average molecular weight is 1010 g/mol. The van der Waals surface area contributed by atoms with Crippen molar-refractivity contribution < 1.29 is 37.5 Å². The highest BCUT2D eigenvalue weighted by Crippen LogP contribution is 2.42. The quantitative estimate of drug-likeness (QED) is 0.0232. The second-order valence-corrected chi connectivity index (χ2v) is 30.9. The zero-order chi connectivity index (χ0) is 51.4. The number of pyridine rings is 1. The van der Waals surface area contributed by atoms with Gasteiger partial charge in [0.25, 0.3) is 17.7 Å². The summed E-state index contributed by atoms with van der Waals surface area (Å²) < 4.78 is 37.1. The average Bonchev–Trinajstić information content (AvgIpc) is 3.81. The highest BCUT2D eigenvalue weighted by Gasteiger charge is 2.41. The first kappa shape index (κ1) is 52.0. The maximum absolute atomic E-state index is 16.4. The third-order valence-corrected chi connectivity index (χ3v) is 19.2. The molecular weight excluding hydrogens is 954 g/mol. The Hall–Kier alpha value is -6.87. The number of methoxy groups -OCH3 is 1. The fourth-order valence-corrected chi connectivity index (χ4v) is 9.95. The molecule has 370 valence electrons. The van der Waals surface area contributed by atoms with Crippen LogP contribution in [0.2, 0.25) is 43.8 Å². The Morgan fingerprint density at radius 2 is 1.55 bits per heavy atom. The topological polar surface area (TPSA) is 166 Å². The predicted octanol–water partition coefficient (Wildman–Crippen LogP) is 12.1. The molecule has 3 N–H and O–H groups in total. The minimum absolute atomic E-state index is 0.0747. The number of fused-ring (bicyclic) bond motifs is 1. The number of aromatic nitrogens is 3. The van der Waals surface area contributed by atoms with Crippen LogP contribution in [0.25, 0.3) is 22.5 Å². The van der Waals surface area contributed by atoms with Crippen LogP contribution in [0, 0.1) is 5.82 Å². The van der Waals surface area contributed by atoms with E-state index in [0.717, 1.165) is 16.5 Å². The molecule has 18 heteroatoms. The van der Waals surface area contributed by atoms with E-state index < -0.39 is 46.5 Å². The van der Waals surface area contributed by atoms with E-state index in [1.807, 2.05) is 42.1 Å². The number of nitrogens with one attached hydrogen (secondary N) is 3. The Balaban J connectivity index is 1.28. The molecule has 0 fully saturated rings. The van der Waals surface area contributed by atoms with Gasteiger partial charge in [-0.05, 0) is 103 Å². The van der Waals surface area contributed by atoms with Crippen molar-refractivity contribution >= 4 is 74.7 Å². The second kappa shape index (κ2) is 21.2. The van der Waals surface area contributed by atoms with Crippen molar-refractivity contribution in [3.8, 4) is 34.0 Å². The zero-order valence-corrected chi connectivity index (χ0v) is 44.6. The van der Waals surface area contributed by atoms with E-state index in [2.05, 4.69) is 67.9 Å². The van der Waals surface area contributed by atoms with Crippen molar-refractivity contribution in [3.63, 3.8) is 0 Å². The van der Waals surface area contributed by atoms with Gasteiger partial charge in [-0.3, -0.25) is 28.6 Å². The van der Waals surface area contributed by atoms with Gasteiger partial charge in [0, 0.05) is 48.9 Å². The van der Waals surface area contributed by atoms with Crippen LogP contribution < -0.4 is 25.1 Å². The number of benzene rings is 4. The molecule has 3 heterocycles. The number of imide groups is 1. The number of carbonyl (C=O) groups excluding carboxylic acids is 4. The molecule has 0 aliphatic carbocycles. The number of hydrogen-bond donors (Lipinski definition) is 3. The SMILES string of the molecule is C=CC(=O)Nc1ccc(OC)c(Nc2cc(-c3c(-c4cccc(NC(=O)c5c(F)ccc(O[Si](C)(C)C(C)(C)C)c5CN5C(=O)c6ccccc6C5=O)c4)nc(SC)n3COCC[Si](C)(C)C)ccn2)c1. The largest absolute Gasteiger partial charge is 0.543 e. The van der Waals surface area contributed by atoms with Crippen molar-refractivity contribution in [2.75, 3.05) is 35.9 Å². The molecule has 14 nitrogen and oxygen atoms in total. The van der Waals surface area contributed by atoms with Gasteiger partial charge in [0.05, 0.1) is 47.4 Å². The van der Waals surface area contributed by atoms with E-state index in [0.29, 0.717) is 57.3 Å². The normalized spacial score (nSPS) is 12.7. The van der Waals surface area contributed by atoms with Crippen molar-refractivity contribution in [2.45, 2.75) is 83.0 Å². The van der Waals surface area contributed by atoms with Gasteiger partial charge in [0.15, 0.2) is 5.16 Å². The number of imidazole rings is 1. The van der Waals surface area contributed by atoms with Crippen LogP contribution >= 0.6 is 11.8 Å². The van der Waals surface area contributed by atoms with Crippen LogP contribution in [0.5, 0.6) is 11.5 Å². The molecule has 4 amide bonds. The summed E-state index contributed by atoms with van der Waals surface area (Å²) in [6, 6.07) is 26.1. The number of amides is 4. The van der Waals surface area contributed by atoms with Gasteiger partial charge in [-0.15, -0.1) is 0 Å². The van der Waals surface area contributed by atoms with Crippen LogP contribution in [0.1, 0.15) is 57.4 Å². The van der Waals surface area contributed by atoms with Crippen LogP contribution in [0.4, 0.5) is 27.3 Å².